The second-order valence-corrected chi connectivity index (χ2v) is 8.35. The first-order chi connectivity index (χ1) is 16.2. The van der Waals surface area contributed by atoms with Crippen LogP contribution < -0.4 is 4.74 Å². The number of methoxy groups -OCH3 is 1. The first kappa shape index (κ1) is 22.6. The number of hydrogen-bond donors (Lipinski definition) is 0. The molecule has 7 heteroatoms. The van der Waals surface area contributed by atoms with Crippen molar-refractivity contribution < 1.29 is 13.9 Å². The van der Waals surface area contributed by atoms with Gasteiger partial charge in [-0.25, -0.2) is 0 Å². The fraction of sp³-hybridized carbons (Fsp3) is 0.192. The highest BCUT2D eigenvalue weighted by molar-refractivity contribution is 7.99. The summed E-state index contributed by atoms with van der Waals surface area (Å²) in [6, 6.07) is 27.6. The summed E-state index contributed by atoms with van der Waals surface area (Å²) in [4.78, 5) is 15.0. The smallest absolute Gasteiger partial charge is 0.277 e. The lowest BCUT2D eigenvalue weighted by Gasteiger charge is -2.22. The molecule has 0 aliphatic heterocycles. The van der Waals surface area contributed by atoms with E-state index in [1.165, 1.54) is 17.3 Å². The quantitative estimate of drug-likeness (QED) is 0.307. The SMILES string of the molecule is COc1ccc(-c2nnc(SCC(=O)N(CCc3ccccc3)Cc3ccccc3)o2)cc1. The first-order valence-electron chi connectivity index (χ1n) is 10.7. The molecule has 0 unspecified atom stereocenters. The fourth-order valence-electron chi connectivity index (χ4n) is 3.34. The van der Waals surface area contributed by atoms with Crippen LogP contribution in [-0.4, -0.2) is 40.4 Å². The molecule has 0 bridgehead atoms. The Labute approximate surface area is 197 Å². The normalized spacial score (nSPS) is 10.7. The van der Waals surface area contributed by atoms with Crippen LogP contribution in [0.5, 0.6) is 5.75 Å². The van der Waals surface area contributed by atoms with Crippen molar-refractivity contribution in [2.24, 2.45) is 0 Å². The summed E-state index contributed by atoms with van der Waals surface area (Å²) in [7, 11) is 1.62. The molecule has 0 atom stereocenters. The third-order valence-corrected chi connectivity index (χ3v) is 5.95. The molecule has 0 radical (unpaired) electrons. The maximum atomic E-state index is 13.1. The molecule has 1 aromatic heterocycles. The summed E-state index contributed by atoms with van der Waals surface area (Å²) in [5.41, 5.74) is 3.11. The number of rotatable bonds is 10. The Morgan fingerprint density at radius 2 is 1.58 bits per heavy atom. The summed E-state index contributed by atoms with van der Waals surface area (Å²) < 4.78 is 10.9. The number of benzene rings is 3. The lowest BCUT2D eigenvalue weighted by atomic mass is 10.1. The van der Waals surface area contributed by atoms with E-state index >= 15 is 0 Å². The molecule has 168 valence electrons. The molecule has 4 aromatic rings. The topological polar surface area (TPSA) is 68.5 Å². The minimum atomic E-state index is 0.0315. The van der Waals surface area contributed by atoms with Gasteiger partial charge >= 0.3 is 0 Å². The zero-order valence-electron chi connectivity index (χ0n) is 18.4. The number of ether oxygens (including phenoxy) is 1. The monoisotopic (exact) mass is 459 g/mol. The number of carbonyl (C=O) groups excluding carboxylic acids is 1. The van der Waals surface area contributed by atoms with E-state index in [-0.39, 0.29) is 11.7 Å². The standard InChI is InChI=1S/C26H25N3O3S/c1-31-23-14-12-22(13-15-23)25-27-28-26(32-25)33-19-24(30)29(18-21-10-6-3-7-11-21)17-16-20-8-4-2-5-9-20/h2-15H,16-19H2,1H3. The van der Waals surface area contributed by atoms with Crippen molar-refractivity contribution in [3.8, 4) is 17.2 Å². The van der Waals surface area contributed by atoms with Gasteiger partial charge in [-0.05, 0) is 41.8 Å². The van der Waals surface area contributed by atoms with Gasteiger partial charge in [0.1, 0.15) is 5.75 Å². The summed E-state index contributed by atoms with van der Waals surface area (Å²) in [6.45, 7) is 1.20. The molecule has 1 amide bonds. The van der Waals surface area contributed by atoms with Crippen molar-refractivity contribution in [2.75, 3.05) is 19.4 Å². The predicted molar refractivity (Wildman–Crippen MR) is 129 cm³/mol. The second kappa shape index (κ2) is 11.3. The highest BCUT2D eigenvalue weighted by Gasteiger charge is 2.17. The Kier molecular flexibility index (Phi) is 7.76. The van der Waals surface area contributed by atoms with Gasteiger partial charge in [-0.1, -0.05) is 72.4 Å². The van der Waals surface area contributed by atoms with E-state index in [4.69, 9.17) is 9.15 Å². The van der Waals surface area contributed by atoms with Crippen LogP contribution in [0.1, 0.15) is 11.1 Å². The number of aromatic nitrogens is 2. The average Bonchev–Trinajstić information content (AvgIpc) is 3.35. The maximum Gasteiger partial charge on any atom is 0.277 e. The predicted octanol–water partition coefficient (Wildman–Crippen LogP) is 5.11. The molecule has 0 spiro atoms. The Bertz CT molecular complexity index is 1150. The number of hydrogen-bond acceptors (Lipinski definition) is 6. The molecule has 0 saturated carbocycles. The van der Waals surface area contributed by atoms with Crippen molar-refractivity contribution in [1.29, 1.82) is 0 Å². The van der Waals surface area contributed by atoms with Gasteiger partial charge in [-0.2, -0.15) is 0 Å². The molecule has 6 nitrogen and oxygen atoms in total. The van der Waals surface area contributed by atoms with Gasteiger partial charge in [0, 0.05) is 18.7 Å². The number of nitrogens with zero attached hydrogens (tertiary/aromatic N) is 3. The van der Waals surface area contributed by atoms with Gasteiger partial charge in [-0.3, -0.25) is 4.79 Å². The van der Waals surface area contributed by atoms with Crippen molar-refractivity contribution in [3.63, 3.8) is 0 Å². The van der Waals surface area contributed by atoms with Crippen LogP contribution in [0.3, 0.4) is 0 Å². The largest absolute Gasteiger partial charge is 0.497 e. The molecule has 0 aliphatic carbocycles. The van der Waals surface area contributed by atoms with Crippen molar-refractivity contribution in [2.45, 2.75) is 18.2 Å². The van der Waals surface area contributed by atoms with Gasteiger partial charge < -0.3 is 14.1 Å². The number of carbonyl (C=O) groups is 1. The third kappa shape index (κ3) is 6.46. The summed E-state index contributed by atoms with van der Waals surface area (Å²) in [5.74, 6) is 1.43. The molecule has 0 aliphatic rings. The third-order valence-electron chi connectivity index (χ3n) is 5.14. The van der Waals surface area contributed by atoms with Gasteiger partial charge in [0.05, 0.1) is 12.9 Å². The lowest BCUT2D eigenvalue weighted by molar-refractivity contribution is -0.128. The molecule has 3 aromatic carbocycles. The van der Waals surface area contributed by atoms with Crippen molar-refractivity contribution in [3.05, 3.63) is 96.1 Å². The van der Waals surface area contributed by atoms with Crippen LogP contribution in [0.4, 0.5) is 0 Å². The molecule has 1 heterocycles. The average molecular weight is 460 g/mol. The number of thioether (sulfide) groups is 1. The molecule has 33 heavy (non-hydrogen) atoms. The van der Waals surface area contributed by atoms with Crippen molar-refractivity contribution in [1.82, 2.24) is 15.1 Å². The van der Waals surface area contributed by atoms with Crippen LogP contribution in [-0.2, 0) is 17.8 Å². The van der Waals surface area contributed by atoms with Crippen LogP contribution >= 0.6 is 11.8 Å². The first-order valence-corrected chi connectivity index (χ1v) is 11.7. The molecule has 4 rings (SSSR count). The Balaban J connectivity index is 1.39. The lowest BCUT2D eigenvalue weighted by Crippen LogP contribution is -2.33. The van der Waals surface area contributed by atoms with Crippen LogP contribution in [0.2, 0.25) is 0 Å². The fourth-order valence-corrected chi connectivity index (χ4v) is 4.00. The highest BCUT2D eigenvalue weighted by atomic mass is 32.2. The summed E-state index contributed by atoms with van der Waals surface area (Å²) in [5, 5.41) is 8.57. The van der Waals surface area contributed by atoms with Gasteiger partial charge in [0.15, 0.2) is 0 Å². The van der Waals surface area contributed by atoms with E-state index in [1.807, 2.05) is 77.7 Å². The van der Waals surface area contributed by atoms with E-state index in [0.717, 1.165) is 23.3 Å². The summed E-state index contributed by atoms with van der Waals surface area (Å²) in [6.07, 6.45) is 0.798. The van der Waals surface area contributed by atoms with E-state index < -0.39 is 0 Å². The van der Waals surface area contributed by atoms with E-state index in [9.17, 15) is 4.79 Å². The highest BCUT2D eigenvalue weighted by Crippen LogP contribution is 2.25. The van der Waals surface area contributed by atoms with Gasteiger partial charge in [-0.15, -0.1) is 10.2 Å². The van der Waals surface area contributed by atoms with Crippen LogP contribution in [0.15, 0.2) is 94.6 Å². The Morgan fingerprint density at radius 1 is 0.909 bits per heavy atom. The van der Waals surface area contributed by atoms with Gasteiger partial charge in [0.25, 0.3) is 5.22 Å². The van der Waals surface area contributed by atoms with Crippen LogP contribution in [0.25, 0.3) is 11.5 Å². The zero-order valence-corrected chi connectivity index (χ0v) is 19.2. The zero-order chi connectivity index (χ0) is 22.9. The molecular weight excluding hydrogens is 434 g/mol. The number of amides is 1. The molecular formula is C26H25N3O3S. The van der Waals surface area contributed by atoms with E-state index in [1.54, 1.807) is 7.11 Å². The molecule has 0 N–H and O–H groups in total. The molecule has 0 fully saturated rings. The van der Waals surface area contributed by atoms with Crippen LogP contribution in [0, 0.1) is 0 Å². The van der Waals surface area contributed by atoms with E-state index in [0.29, 0.717) is 24.2 Å². The summed E-state index contributed by atoms with van der Waals surface area (Å²) >= 11 is 1.26. The Hall–Kier alpha value is -3.58. The molecule has 0 saturated heterocycles. The minimum absolute atomic E-state index is 0.0315. The minimum Gasteiger partial charge on any atom is -0.497 e. The second-order valence-electron chi connectivity index (χ2n) is 7.43. The van der Waals surface area contributed by atoms with E-state index in [2.05, 4.69) is 22.3 Å². The van der Waals surface area contributed by atoms with Gasteiger partial charge in [0.2, 0.25) is 11.8 Å². The van der Waals surface area contributed by atoms with Crippen molar-refractivity contribution >= 4 is 17.7 Å². The Morgan fingerprint density at radius 3 is 2.24 bits per heavy atom. The maximum absolute atomic E-state index is 13.1.